The van der Waals surface area contributed by atoms with Gasteiger partial charge in [0.05, 0.1) is 6.10 Å². The van der Waals surface area contributed by atoms with Crippen LogP contribution in [0.4, 0.5) is 0 Å². The van der Waals surface area contributed by atoms with Gasteiger partial charge >= 0.3 is 11.9 Å². The minimum absolute atomic E-state index is 0.507. The molecule has 0 rings (SSSR count). The molecule has 0 radical (unpaired) electrons. The Labute approximate surface area is 93.8 Å². The summed E-state index contributed by atoms with van der Waals surface area (Å²) in [5, 5.41) is 27.4. The second kappa shape index (κ2) is 5.27. The second-order valence-corrected chi connectivity index (χ2v) is 4.16. The molecule has 0 aromatic carbocycles. The molecule has 0 spiro atoms. The van der Waals surface area contributed by atoms with Crippen molar-refractivity contribution in [2.24, 2.45) is 5.92 Å². The van der Waals surface area contributed by atoms with Crippen LogP contribution in [0.3, 0.4) is 0 Å². The highest BCUT2D eigenvalue weighted by Gasteiger charge is 2.53. The van der Waals surface area contributed by atoms with E-state index in [0.717, 1.165) is 0 Å². The maximum absolute atomic E-state index is 11.2. The van der Waals surface area contributed by atoms with Crippen molar-refractivity contribution in [2.45, 2.75) is 45.5 Å². The van der Waals surface area contributed by atoms with Crippen LogP contribution >= 0.6 is 0 Å². The van der Waals surface area contributed by atoms with Crippen molar-refractivity contribution >= 4 is 11.9 Å². The lowest BCUT2D eigenvalue weighted by atomic mass is 9.84. The largest absolute Gasteiger partial charge is 0.479 e. The van der Waals surface area contributed by atoms with Gasteiger partial charge in [-0.15, -0.1) is 0 Å². The minimum atomic E-state index is -2.12. The first kappa shape index (κ1) is 14.9. The Morgan fingerprint density at radius 1 is 1.12 bits per heavy atom. The molecule has 0 amide bonds. The van der Waals surface area contributed by atoms with E-state index < -0.39 is 35.7 Å². The number of ether oxygens (including phenoxy) is 1. The van der Waals surface area contributed by atoms with Crippen molar-refractivity contribution in [3.8, 4) is 0 Å². The maximum Gasteiger partial charge on any atom is 0.339 e. The average Bonchev–Trinajstić information content (AvgIpc) is 2.11. The summed E-state index contributed by atoms with van der Waals surface area (Å²) in [4.78, 5) is 21.9. The number of carboxylic acids is 2. The molecule has 2 atom stereocenters. The van der Waals surface area contributed by atoms with E-state index in [1.54, 1.807) is 13.8 Å². The van der Waals surface area contributed by atoms with Gasteiger partial charge in [-0.25, -0.2) is 9.59 Å². The average molecular weight is 234 g/mol. The zero-order valence-electron chi connectivity index (χ0n) is 9.80. The topological polar surface area (TPSA) is 104 Å². The van der Waals surface area contributed by atoms with Gasteiger partial charge in [0.15, 0.2) is 6.10 Å². The predicted octanol–water partition coefficient (Wildman–Crippen LogP) is 0.336. The second-order valence-electron chi connectivity index (χ2n) is 4.16. The smallest absolute Gasteiger partial charge is 0.339 e. The van der Waals surface area contributed by atoms with Crippen LogP contribution in [0.1, 0.15) is 27.7 Å². The zero-order valence-corrected chi connectivity index (χ0v) is 9.80. The molecule has 0 bridgehead atoms. The molecule has 0 aliphatic rings. The van der Waals surface area contributed by atoms with E-state index in [-0.39, 0.29) is 0 Å². The fourth-order valence-corrected chi connectivity index (χ4v) is 1.50. The van der Waals surface area contributed by atoms with Crippen LogP contribution in [-0.2, 0) is 14.3 Å². The summed E-state index contributed by atoms with van der Waals surface area (Å²) in [6.07, 6.45) is -2.61. The molecular formula is C10H18O6. The number of hydrogen-bond acceptors (Lipinski definition) is 4. The van der Waals surface area contributed by atoms with Gasteiger partial charge in [-0.05, 0) is 19.8 Å². The van der Waals surface area contributed by atoms with Gasteiger partial charge in [0.2, 0.25) is 5.60 Å². The van der Waals surface area contributed by atoms with Crippen LogP contribution in [0, 0.1) is 5.92 Å². The van der Waals surface area contributed by atoms with E-state index in [4.69, 9.17) is 14.9 Å². The number of carbonyl (C=O) groups is 2. The van der Waals surface area contributed by atoms with Gasteiger partial charge in [0.25, 0.3) is 0 Å². The molecule has 6 heteroatoms. The summed E-state index contributed by atoms with van der Waals surface area (Å²) in [5.74, 6) is -3.78. The quantitative estimate of drug-likeness (QED) is 0.612. The van der Waals surface area contributed by atoms with Gasteiger partial charge in [-0.2, -0.15) is 0 Å². The van der Waals surface area contributed by atoms with E-state index in [1.165, 1.54) is 13.8 Å². The van der Waals surface area contributed by atoms with Crippen LogP contribution in [0.25, 0.3) is 0 Å². The number of hydrogen-bond donors (Lipinski definition) is 3. The summed E-state index contributed by atoms with van der Waals surface area (Å²) >= 11 is 0. The molecule has 16 heavy (non-hydrogen) atoms. The van der Waals surface area contributed by atoms with Gasteiger partial charge in [0, 0.05) is 0 Å². The first-order valence-corrected chi connectivity index (χ1v) is 4.98. The standard InChI is InChI=1S/C10H18O6/c1-5(2)10(9(14)15,16-6(3)4)7(11)8(12)13/h5-7,11H,1-4H3,(H,12,13)(H,14,15)/t7-,10+/m1/s1. The number of aliphatic hydroxyl groups is 1. The van der Waals surface area contributed by atoms with Crippen LogP contribution in [-0.4, -0.2) is 45.1 Å². The Morgan fingerprint density at radius 2 is 1.56 bits per heavy atom. The molecule has 0 unspecified atom stereocenters. The molecule has 0 aliphatic carbocycles. The molecule has 0 heterocycles. The van der Waals surface area contributed by atoms with Crippen molar-refractivity contribution in [1.29, 1.82) is 0 Å². The Bertz CT molecular complexity index is 272. The highest BCUT2D eigenvalue weighted by Crippen LogP contribution is 2.28. The third-order valence-corrected chi connectivity index (χ3v) is 2.26. The number of rotatable bonds is 6. The number of carboxylic acid groups (broad SMARTS) is 2. The van der Waals surface area contributed by atoms with Crippen LogP contribution in [0.2, 0.25) is 0 Å². The molecule has 0 aromatic heterocycles. The predicted molar refractivity (Wildman–Crippen MR) is 55.1 cm³/mol. The lowest BCUT2D eigenvalue weighted by Gasteiger charge is -2.36. The molecule has 3 N–H and O–H groups in total. The Balaban J connectivity index is 5.43. The van der Waals surface area contributed by atoms with E-state index in [2.05, 4.69) is 0 Å². The molecule has 0 saturated heterocycles. The van der Waals surface area contributed by atoms with Crippen LogP contribution < -0.4 is 0 Å². The van der Waals surface area contributed by atoms with E-state index in [9.17, 15) is 14.7 Å². The first-order valence-electron chi connectivity index (χ1n) is 4.98. The Kier molecular flexibility index (Phi) is 4.89. The van der Waals surface area contributed by atoms with Crippen molar-refractivity contribution < 1.29 is 29.6 Å². The summed E-state index contributed by atoms with van der Waals surface area (Å²) in [5.41, 5.74) is -2.12. The normalized spacial score (nSPS) is 17.2. The SMILES string of the molecule is CC(C)O[C@@](C(=O)O)(C(C)C)[C@H](O)C(=O)O. The fraction of sp³-hybridized carbons (Fsp3) is 0.800. The third-order valence-electron chi connectivity index (χ3n) is 2.26. The maximum atomic E-state index is 11.2. The molecule has 0 fully saturated rings. The number of aliphatic carboxylic acids is 2. The summed E-state index contributed by atoms with van der Waals surface area (Å²) in [7, 11) is 0. The number of aliphatic hydroxyl groups excluding tert-OH is 1. The molecule has 94 valence electrons. The van der Waals surface area contributed by atoms with Gasteiger partial charge < -0.3 is 20.1 Å². The van der Waals surface area contributed by atoms with Gasteiger partial charge in [-0.1, -0.05) is 13.8 Å². The van der Waals surface area contributed by atoms with Crippen molar-refractivity contribution in [3.63, 3.8) is 0 Å². The van der Waals surface area contributed by atoms with Crippen molar-refractivity contribution in [2.75, 3.05) is 0 Å². The summed E-state index contributed by atoms with van der Waals surface area (Å²) in [6.45, 7) is 6.13. The molecule has 0 aliphatic heterocycles. The van der Waals surface area contributed by atoms with E-state index in [0.29, 0.717) is 0 Å². The van der Waals surface area contributed by atoms with Gasteiger partial charge in [0.1, 0.15) is 0 Å². The van der Waals surface area contributed by atoms with E-state index in [1.807, 2.05) is 0 Å². The minimum Gasteiger partial charge on any atom is -0.479 e. The highest BCUT2D eigenvalue weighted by molar-refractivity contribution is 5.87. The molecule has 0 saturated carbocycles. The molecular weight excluding hydrogens is 216 g/mol. The summed E-state index contributed by atoms with van der Waals surface area (Å²) in [6, 6.07) is 0. The van der Waals surface area contributed by atoms with Crippen molar-refractivity contribution in [1.82, 2.24) is 0 Å². The third kappa shape index (κ3) is 2.70. The highest BCUT2D eigenvalue weighted by atomic mass is 16.6. The summed E-state index contributed by atoms with van der Waals surface area (Å²) < 4.78 is 5.15. The van der Waals surface area contributed by atoms with E-state index >= 15 is 0 Å². The van der Waals surface area contributed by atoms with Crippen LogP contribution in [0.5, 0.6) is 0 Å². The fourth-order valence-electron chi connectivity index (χ4n) is 1.50. The monoisotopic (exact) mass is 234 g/mol. The molecule has 6 nitrogen and oxygen atoms in total. The zero-order chi connectivity index (χ0) is 13.1. The van der Waals surface area contributed by atoms with Crippen molar-refractivity contribution in [3.05, 3.63) is 0 Å². The Morgan fingerprint density at radius 3 is 1.75 bits per heavy atom. The van der Waals surface area contributed by atoms with Gasteiger partial charge in [-0.3, -0.25) is 0 Å². The lowest BCUT2D eigenvalue weighted by Crippen LogP contribution is -2.59. The van der Waals surface area contributed by atoms with Crippen LogP contribution in [0.15, 0.2) is 0 Å². The Hall–Kier alpha value is -1.14. The first-order chi connectivity index (χ1) is 7.16. The lowest BCUT2D eigenvalue weighted by molar-refractivity contribution is -0.210. The molecule has 0 aromatic rings.